The molecule has 0 saturated carbocycles. The summed E-state index contributed by atoms with van der Waals surface area (Å²) >= 11 is 0. The fourth-order valence-corrected chi connectivity index (χ4v) is 2.73. The van der Waals surface area contributed by atoms with Crippen LogP contribution in [0.15, 0.2) is 18.2 Å². The molecule has 3 atom stereocenters. The van der Waals surface area contributed by atoms with Crippen LogP contribution < -0.4 is 10.6 Å². The number of carbonyl (C=O) groups is 2. The number of hydrogen-bond donors (Lipinski definition) is 2. The first-order valence-corrected chi connectivity index (χ1v) is 7.29. The van der Waals surface area contributed by atoms with Gasteiger partial charge in [-0.1, -0.05) is 18.2 Å². The summed E-state index contributed by atoms with van der Waals surface area (Å²) < 4.78 is 0. The molecule has 1 aromatic carbocycles. The molecule has 3 unspecified atom stereocenters. The van der Waals surface area contributed by atoms with Gasteiger partial charge in [-0.05, 0) is 45.7 Å². The number of urea groups is 1. The standard InChI is InChI=1S/C16H23N3O2/c1-9-7-6-8-10(2)14(9)18-16(21)19-12(4)11(3)17-15(20)13(19)5/h6-8,11-13H,1-5H3,(H,17,20)(H,18,21). The number of para-hydroxylation sites is 1. The topological polar surface area (TPSA) is 61.4 Å². The van der Waals surface area contributed by atoms with Gasteiger partial charge < -0.3 is 15.5 Å². The van der Waals surface area contributed by atoms with Crippen LogP contribution in [0.5, 0.6) is 0 Å². The lowest BCUT2D eigenvalue weighted by Gasteiger charge is -2.42. The van der Waals surface area contributed by atoms with E-state index >= 15 is 0 Å². The Morgan fingerprint density at radius 2 is 1.76 bits per heavy atom. The van der Waals surface area contributed by atoms with Crippen molar-refractivity contribution in [1.82, 2.24) is 10.2 Å². The van der Waals surface area contributed by atoms with Crippen molar-refractivity contribution in [2.45, 2.75) is 52.7 Å². The second-order valence-electron chi connectivity index (χ2n) is 5.82. The van der Waals surface area contributed by atoms with Crippen LogP contribution >= 0.6 is 0 Å². The maximum absolute atomic E-state index is 12.6. The molecule has 0 radical (unpaired) electrons. The van der Waals surface area contributed by atoms with Crippen LogP contribution in [0.4, 0.5) is 10.5 Å². The Morgan fingerprint density at radius 3 is 2.33 bits per heavy atom. The Hall–Kier alpha value is -2.04. The Morgan fingerprint density at radius 1 is 1.19 bits per heavy atom. The normalized spacial score (nSPS) is 25.5. The third-order valence-corrected chi connectivity index (χ3v) is 4.28. The van der Waals surface area contributed by atoms with Crippen molar-refractivity contribution < 1.29 is 9.59 Å². The highest BCUT2D eigenvalue weighted by molar-refractivity contribution is 5.95. The molecule has 1 aromatic rings. The minimum absolute atomic E-state index is 0.0537. The van der Waals surface area contributed by atoms with E-state index in [1.165, 1.54) is 0 Å². The quantitative estimate of drug-likeness (QED) is 0.834. The average Bonchev–Trinajstić information content (AvgIpc) is 2.41. The number of nitrogens with zero attached hydrogens (tertiary/aromatic N) is 1. The van der Waals surface area contributed by atoms with Crippen molar-refractivity contribution >= 4 is 17.6 Å². The second-order valence-corrected chi connectivity index (χ2v) is 5.82. The summed E-state index contributed by atoms with van der Waals surface area (Å²) in [7, 11) is 0. The lowest BCUT2D eigenvalue weighted by Crippen LogP contribution is -2.65. The summed E-state index contributed by atoms with van der Waals surface area (Å²) in [6.07, 6.45) is 0. The van der Waals surface area contributed by atoms with Crippen molar-refractivity contribution in [3.63, 3.8) is 0 Å². The molecule has 5 heteroatoms. The number of nitrogens with one attached hydrogen (secondary N) is 2. The fourth-order valence-electron chi connectivity index (χ4n) is 2.73. The summed E-state index contributed by atoms with van der Waals surface area (Å²) in [5, 5.41) is 5.85. The number of hydrogen-bond acceptors (Lipinski definition) is 2. The first-order valence-electron chi connectivity index (χ1n) is 7.29. The zero-order valence-electron chi connectivity index (χ0n) is 13.2. The van der Waals surface area contributed by atoms with E-state index < -0.39 is 6.04 Å². The Bertz CT molecular complexity index is 550. The highest BCUT2D eigenvalue weighted by Crippen LogP contribution is 2.22. The van der Waals surface area contributed by atoms with Crippen LogP contribution in [0, 0.1) is 13.8 Å². The van der Waals surface area contributed by atoms with E-state index in [2.05, 4.69) is 10.6 Å². The molecule has 1 fully saturated rings. The number of amides is 3. The van der Waals surface area contributed by atoms with Crippen LogP contribution in [-0.2, 0) is 4.79 Å². The molecule has 114 valence electrons. The van der Waals surface area contributed by atoms with Gasteiger partial charge in [0.2, 0.25) is 5.91 Å². The zero-order chi connectivity index (χ0) is 15.7. The molecule has 1 heterocycles. The lowest BCUT2D eigenvalue weighted by atomic mass is 10.0. The van der Waals surface area contributed by atoms with E-state index in [1.807, 2.05) is 45.9 Å². The van der Waals surface area contributed by atoms with Gasteiger partial charge in [-0.25, -0.2) is 4.79 Å². The fraction of sp³-hybridized carbons (Fsp3) is 0.500. The van der Waals surface area contributed by atoms with E-state index in [1.54, 1.807) is 11.8 Å². The van der Waals surface area contributed by atoms with Gasteiger partial charge >= 0.3 is 6.03 Å². The molecular formula is C16H23N3O2. The molecule has 0 bridgehead atoms. The molecule has 1 saturated heterocycles. The third-order valence-electron chi connectivity index (χ3n) is 4.28. The number of anilines is 1. The number of benzene rings is 1. The van der Waals surface area contributed by atoms with Crippen molar-refractivity contribution in [1.29, 1.82) is 0 Å². The second kappa shape index (κ2) is 5.76. The molecular weight excluding hydrogens is 266 g/mol. The molecule has 1 aliphatic heterocycles. The minimum atomic E-state index is -0.472. The van der Waals surface area contributed by atoms with Gasteiger partial charge in [0.1, 0.15) is 6.04 Å². The van der Waals surface area contributed by atoms with Gasteiger partial charge in [-0.15, -0.1) is 0 Å². The van der Waals surface area contributed by atoms with Crippen LogP contribution in [0.3, 0.4) is 0 Å². The predicted octanol–water partition coefficient (Wildman–Crippen LogP) is 2.43. The Balaban J connectivity index is 2.24. The van der Waals surface area contributed by atoms with Crippen LogP contribution in [-0.4, -0.2) is 35.0 Å². The van der Waals surface area contributed by atoms with Gasteiger partial charge in [0.05, 0.1) is 6.04 Å². The van der Waals surface area contributed by atoms with Gasteiger partial charge in [0.25, 0.3) is 0 Å². The van der Waals surface area contributed by atoms with Crippen LogP contribution in [0.2, 0.25) is 0 Å². The molecule has 0 spiro atoms. The van der Waals surface area contributed by atoms with E-state index in [0.717, 1.165) is 16.8 Å². The smallest absolute Gasteiger partial charge is 0.322 e. The Kier molecular flexibility index (Phi) is 4.21. The molecule has 21 heavy (non-hydrogen) atoms. The maximum Gasteiger partial charge on any atom is 0.322 e. The highest BCUT2D eigenvalue weighted by atomic mass is 16.2. The van der Waals surface area contributed by atoms with Gasteiger partial charge in [0, 0.05) is 11.7 Å². The molecule has 1 aliphatic rings. The number of carbonyl (C=O) groups excluding carboxylic acids is 2. The average molecular weight is 289 g/mol. The maximum atomic E-state index is 12.6. The monoisotopic (exact) mass is 289 g/mol. The van der Waals surface area contributed by atoms with E-state index in [9.17, 15) is 9.59 Å². The molecule has 5 nitrogen and oxygen atoms in total. The molecule has 3 amide bonds. The first-order chi connectivity index (χ1) is 9.82. The first kappa shape index (κ1) is 15.4. The largest absolute Gasteiger partial charge is 0.350 e. The summed E-state index contributed by atoms with van der Waals surface area (Å²) in [5.41, 5.74) is 2.84. The van der Waals surface area contributed by atoms with E-state index in [-0.39, 0.29) is 24.0 Å². The Labute approximate surface area is 125 Å². The minimum Gasteiger partial charge on any atom is -0.350 e. The molecule has 2 N–H and O–H groups in total. The molecule has 0 aliphatic carbocycles. The van der Waals surface area contributed by atoms with Crippen molar-refractivity contribution in [3.05, 3.63) is 29.3 Å². The zero-order valence-corrected chi connectivity index (χ0v) is 13.2. The molecule has 0 aromatic heterocycles. The van der Waals surface area contributed by atoms with Gasteiger partial charge in [-0.3, -0.25) is 4.79 Å². The van der Waals surface area contributed by atoms with E-state index in [4.69, 9.17) is 0 Å². The molecule has 2 rings (SSSR count). The number of piperazine rings is 1. The van der Waals surface area contributed by atoms with Gasteiger partial charge in [-0.2, -0.15) is 0 Å². The summed E-state index contributed by atoms with van der Waals surface area (Å²) in [4.78, 5) is 26.2. The van der Waals surface area contributed by atoms with Gasteiger partial charge in [0.15, 0.2) is 0 Å². The van der Waals surface area contributed by atoms with E-state index in [0.29, 0.717) is 0 Å². The summed E-state index contributed by atoms with van der Waals surface area (Å²) in [6, 6.07) is 5.07. The van der Waals surface area contributed by atoms with Crippen LogP contribution in [0.25, 0.3) is 0 Å². The number of aryl methyl sites for hydroxylation is 2. The summed E-state index contributed by atoms with van der Waals surface area (Å²) in [5.74, 6) is -0.114. The summed E-state index contributed by atoms with van der Waals surface area (Å²) in [6.45, 7) is 9.53. The van der Waals surface area contributed by atoms with Crippen molar-refractivity contribution in [2.24, 2.45) is 0 Å². The van der Waals surface area contributed by atoms with Crippen molar-refractivity contribution in [2.75, 3.05) is 5.32 Å². The van der Waals surface area contributed by atoms with Crippen LogP contribution in [0.1, 0.15) is 31.9 Å². The van der Waals surface area contributed by atoms with Crippen molar-refractivity contribution in [3.8, 4) is 0 Å². The highest BCUT2D eigenvalue weighted by Gasteiger charge is 2.38. The third kappa shape index (κ3) is 2.86. The SMILES string of the molecule is Cc1cccc(C)c1NC(=O)N1C(C)C(=O)NC(C)C1C. The lowest BCUT2D eigenvalue weighted by molar-refractivity contribution is -0.129. The number of rotatable bonds is 1. The predicted molar refractivity (Wildman–Crippen MR) is 83.3 cm³/mol.